The molecular weight excluding hydrogens is 585 g/mol. The van der Waals surface area contributed by atoms with E-state index in [1.165, 1.54) is 83.1 Å². The van der Waals surface area contributed by atoms with Gasteiger partial charge in [0.1, 0.15) is 0 Å². The Morgan fingerprint density at radius 3 is 1.94 bits per heavy atom. The highest BCUT2D eigenvalue weighted by Gasteiger charge is 2.47. The van der Waals surface area contributed by atoms with Gasteiger partial charge >= 0.3 is 0 Å². The number of benzene rings is 6. The summed E-state index contributed by atoms with van der Waals surface area (Å²) in [6, 6.07) is 56.4. The summed E-state index contributed by atoms with van der Waals surface area (Å²) in [4.78, 5) is 0. The lowest BCUT2D eigenvalue weighted by atomic mass is 10.0. The molecule has 0 saturated carbocycles. The minimum Gasteiger partial charge on any atom is -0.313 e. The standard InChI is InChI=1S/C44H34N2Si/c1-47(2,39-27-15-26-37-42(39)41-32-21-10-9-16-29(32)28-38(41)45(37)30-17-5-3-6-18-30)44-34-23-12-11-22-33(34)40-35-24-13-14-25-36(35)46(43(40)44)31-19-7-4-8-20-31/h3-27,44H,28H2,1-2H3. The van der Waals surface area contributed by atoms with Crippen LogP contribution in [-0.4, -0.2) is 17.2 Å². The van der Waals surface area contributed by atoms with Crippen LogP contribution in [0.3, 0.4) is 0 Å². The molecule has 47 heavy (non-hydrogen) atoms. The smallest absolute Gasteiger partial charge is 0.0956 e. The number of rotatable bonds is 4. The maximum atomic E-state index is 2.62. The van der Waals surface area contributed by atoms with Crippen LogP contribution in [0.25, 0.3) is 55.4 Å². The molecular formula is C44H34N2Si. The molecule has 10 rings (SSSR count). The average Bonchev–Trinajstić information content (AvgIpc) is 3.84. The number of hydrogen-bond donors (Lipinski definition) is 0. The summed E-state index contributed by atoms with van der Waals surface area (Å²) in [5, 5.41) is 4.32. The van der Waals surface area contributed by atoms with Crippen LogP contribution < -0.4 is 5.19 Å². The molecule has 0 bridgehead atoms. The van der Waals surface area contributed by atoms with Crippen LogP contribution in [0.1, 0.15) is 28.1 Å². The summed E-state index contributed by atoms with van der Waals surface area (Å²) < 4.78 is 5.13. The zero-order valence-corrected chi connectivity index (χ0v) is 27.6. The number of fused-ring (bicyclic) bond motifs is 10. The third kappa shape index (κ3) is 3.61. The van der Waals surface area contributed by atoms with Crippen LogP contribution in [0.15, 0.2) is 152 Å². The number of hydrogen-bond acceptors (Lipinski definition) is 0. The van der Waals surface area contributed by atoms with Crippen LogP contribution in [0.4, 0.5) is 0 Å². The van der Waals surface area contributed by atoms with Gasteiger partial charge in [0.25, 0.3) is 0 Å². The summed E-state index contributed by atoms with van der Waals surface area (Å²) >= 11 is 0. The average molecular weight is 619 g/mol. The molecule has 2 aliphatic carbocycles. The molecule has 8 aromatic rings. The lowest BCUT2D eigenvalue weighted by molar-refractivity contribution is 0.963. The topological polar surface area (TPSA) is 9.86 Å². The van der Waals surface area contributed by atoms with Gasteiger partial charge in [-0.3, -0.25) is 0 Å². The van der Waals surface area contributed by atoms with Crippen molar-refractivity contribution in [3.63, 3.8) is 0 Å². The van der Waals surface area contributed by atoms with Crippen molar-refractivity contribution in [3.8, 4) is 33.6 Å². The lowest BCUT2D eigenvalue weighted by Crippen LogP contribution is -2.48. The van der Waals surface area contributed by atoms with Crippen molar-refractivity contribution < 1.29 is 0 Å². The molecule has 2 aromatic heterocycles. The van der Waals surface area contributed by atoms with Gasteiger partial charge in [-0.1, -0.05) is 128 Å². The summed E-state index contributed by atoms with van der Waals surface area (Å²) in [5.74, 6) is 0. The summed E-state index contributed by atoms with van der Waals surface area (Å²) in [5.41, 5.74) is 16.8. The van der Waals surface area contributed by atoms with E-state index < -0.39 is 8.07 Å². The molecule has 3 heteroatoms. The van der Waals surface area contributed by atoms with Gasteiger partial charge in [0, 0.05) is 56.6 Å². The molecule has 1 atom stereocenters. The number of para-hydroxylation sites is 3. The molecule has 0 spiro atoms. The highest BCUT2D eigenvalue weighted by Crippen LogP contribution is 2.54. The predicted octanol–water partition coefficient (Wildman–Crippen LogP) is 10.4. The van der Waals surface area contributed by atoms with Crippen molar-refractivity contribution in [1.29, 1.82) is 0 Å². The summed E-state index contributed by atoms with van der Waals surface area (Å²) in [7, 11) is -2.33. The molecule has 0 saturated heterocycles. The second-order valence-electron chi connectivity index (χ2n) is 13.7. The van der Waals surface area contributed by atoms with Gasteiger partial charge < -0.3 is 9.13 Å². The van der Waals surface area contributed by atoms with Gasteiger partial charge in [0.05, 0.1) is 19.1 Å². The molecule has 0 amide bonds. The monoisotopic (exact) mass is 618 g/mol. The predicted molar refractivity (Wildman–Crippen MR) is 199 cm³/mol. The Bertz CT molecular complexity index is 2500. The van der Waals surface area contributed by atoms with Crippen molar-refractivity contribution >= 4 is 35.1 Å². The molecule has 0 aliphatic heterocycles. The first-order chi connectivity index (χ1) is 23.1. The molecule has 0 radical (unpaired) electrons. The minimum atomic E-state index is -2.33. The molecule has 2 heterocycles. The normalized spacial score (nSPS) is 14.7. The highest BCUT2D eigenvalue weighted by atomic mass is 28.3. The van der Waals surface area contributed by atoms with E-state index in [0.29, 0.717) is 0 Å². The lowest BCUT2D eigenvalue weighted by Gasteiger charge is -2.34. The fraction of sp³-hybridized carbons (Fsp3) is 0.0909. The van der Waals surface area contributed by atoms with Gasteiger partial charge in [-0.2, -0.15) is 0 Å². The molecule has 1 unspecified atom stereocenters. The van der Waals surface area contributed by atoms with E-state index in [1.54, 1.807) is 0 Å². The second kappa shape index (κ2) is 9.81. The zero-order valence-electron chi connectivity index (χ0n) is 26.6. The van der Waals surface area contributed by atoms with Crippen LogP contribution >= 0.6 is 0 Å². The molecule has 6 aromatic carbocycles. The van der Waals surface area contributed by atoms with Gasteiger partial charge in [-0.05, 0) is 63.8 Å². The van der Waals surface area contributed by atoms with Gasteiger partial charge in [-0.25, -0.2) is 0 Å². The van der Waals surface area contributed by atoms with Crippen molar-refractivity contribution in [1.82, 2.24) is 9.13 Å². The Balaban J connectivity index is 1.31. The SMILES string of the molecule is C[Si](C)(c1cccc2c1c1c(n2-c2ccccc2)Cc2ccccc2-1)C1c2ccccc2-c2c1n(-c1ccccc1)c1ccccc21. The fourth-order valence-corrected chi connectivity index (χ4v) is 12.8. The number of aromatic nitrogens is 2. The summed E-state index contributed by atoms with van der Waals surface area (Å²) in [6.07, 6.45) is 0.954. The first-order valence-electron chi connectivity index (χ1n) is 16.7. The van der Waals surface area contributed by atoms with E-state index in [4.69, 9.17) is 0 Å². The fourth-order valence-electron chi connectivity index (χ4n) is 9.04. The Morgan fingerprint density at radius 1 is 0.532 bits per heavy atom. The number of nitrogens with zero attached hydrogens (tertiary/aromatic N) is 2. The quantitative estimate of drug-likeness (QED) is 0.174. The van der Waals surface area contributed by atoms with Gasteiger partial charge in [-0.15, -0.1) is 0 Å². The van der Waals surface area contributed by atoms with E-state index in [-0.39, 0.29) is 5.54 Å². The minimum absolute atomic E-state index is 0.277. The zero-order chi connectivity index (χ0) is 31.3. The van der Waals surface area contributed by atoms with E-state index in [2.05, 4.69) is 174 Å². The van der Waals surface area contributed by atoms with Crippen molar-refractivity contribution in [2.24, 2.45) is 0 Å². The summed E-state index contributed by atoms with van der Waals surface area (Å²) in [6.45, 7) is 5.25. The van der Waals surface area contributed by atoms with E-state index in [9.17, 15) is 0 Å². The van der Waals surface area contributed by atoms with Gasteiger partial charge in [0.2, 0.25) is 0 Å². The van der Waals surface area contributed by atoms with E-state index in [0.717, 1.165) is 6.42 Å². The Kier molecular flexibility index (Phi) is 5.59. The van der Waals surface area contributed by atoms with Crippen molar-refractivity contribution in [3.05, 3.63) is 174 Å². The Morgan fingerprint density at radius 2 is 1.15 bits per heavy atom. The maximum absolute atomic E-state index is 2.62. The second-order valence-corrected chi connectivity index (χ2v) is 18.3. The van der Waals surface area contributed by atoms with E-state index >= 15 is 0 Å². The Hall–Kier alpha value is -5.38. The van der Waals surface area contributed by atoms with Crippen LogP contribution in [-0.2, 0) is 6.42 Å². The van der Waals surface area contributed by atoms with Crippen molar-refractivity contribution in [2.45, 2.75) is 25.1 Å². The third-order valence-electron chi connectivity index (χ3n) is 10.9. The molecule has 2 nitrogen and oxygen atoms in total. The molecule has 0 fully saturated rings. The highest BCUT2D eigenvalue weighted by molar-refractivity contribution is 6.93. The third-order valence-corrected chi connectivity index (χ3v) is 14.7. The van der Waals surface area contributed by atoms with Crippen LogP contribution in [0.2, 0.25) is 13.1 Å². The first kappa shape index (κ1) is 26.8. The molecule has 0 N–H and O–H groups in total. The molecule has 2 aliphatic rings. The van der Waals surface area contributed by atoms with Gasteiger partial charge in [0.15, 0.2) is 0 Å². The molecule has 224 valence electrons. The van der Waals surface area contributed by atoms with Crippen molar-refractivity contribution in [2.75, 3.05) is 0 Å². The largest absolute Gasteiger partial charge is 0.313 e. The maximum Gasteiger partial charge on any atom is 0.0956 e. The first-order valence-corrected chi connectivity index (χ1v) is 19.8. The van der Waals surface area contributed by atoms with E-state index in [1.807, 2.05) is 0 Å². The van der Waals surface area contributed by atoms with Crippen LogP contribution in [0, 0.1) is 0 Å². The Labute approximate surface area is 276 Å². The van der Waals surface area contributed by atoms with Crippen LogP contribution in [0.5, 0.6) is 0 Å².